The number of para-hydroxylation sites is 1. The van der Waals surface area contributed by atoms with E-state index in [2.05, 4.69) is 20.6 Å². The zero-order valence-electron chi connectivity index (χ0n) is 16.9. The standard InChI is InChI=1S/C23H23F2N5O/c24-18-4-3-5-19(25)23(18)29-22(31)15-30-12-8-16(9-13-30)17-7-11-27-21(14-17)28-20-6-1-2-10-26-20/h1-7,10-11,14,16H,8-9,12-13,15H2,(H,29,31)(H,26,27,28). The zero-order valence-corrected chi connectivity index (χ0v) is 16.9. The lowest BCUT2D eigenvalue weighted by Crippen LogP contribution is -2.39. The molecule has 4 rings (SSSR count). The van der Waals surface area contributed by atoms with Crippen molar-refractivity contribution in [1.82, 2.24) is 14.9 Å². The highest BCUT2D eigenvalue weighted by molar-refractivity contribution is 5.92. The molecule has 0 spiro atoms. The minimum absolute atomic E-state index is 0.101. The van der Waals surface area contributed by atoms with Crippen molar-refractivity contribution in [2.75, 3.05) is 30.3 Å². The molecule has 0 saturated carbocycles. The average Bonchev–Trinajstić information content (AvgIpc) is 2.78. The molecular formula is C23H23F2N5O. The van der Waals surface area contributed by atoms with Crippen LogP contribution in [0, 0.1) is 11.6 Å². The minimum atomic E-state index is -0.778. The lowest BCUT2D eigenvalue weighted by atomic mass is 9.90. The van der Waals surface area contributed by atoms with Gasteiger partial charge in [0.2, 0.25) is 5.91 Å². The number of carbonyl (C=O) groups excluding carboxylic acids is 1. The number of amides is 1. The molecule has 0 unspecified atom stereocenters. The minimum Gasteiger partial charge on any atom is -0.325 e. The zero-order chi connectivity index (χ0) is 21.6. The Morgan fingerprint density at radius 2 is 1.71 bits per heavy atom. The molecule has 0 atom stereocenters. The molecule has 1 amide bonds. The van der Waals surface area contributed by atoms with Crippen molar-refractivity contribution < 1.29 is 13.6 Å². The predicted octanol–water partition coefficient (Wildman–Crippen LogP) is 4.32. The van der Waals surface area contributed by atoms with E-state index < -0.39 is 23.2 Å². The first kappa shape index (κ1) is 20.9. The molecule has 8 heteroatoms. The van der Waals surface area contributed by atoms with Gasteiger partial charge in [-0.1, -0.05) is 12.1 Å². The summed E-state index contributed by atoms with van der Waals surface area (Å²) in [5, 5.41) is 5.55. The molecule has 1 aromatic carbocycles. The fraction of sp³-hybridized carbons (Fsp3) is 0.261. The monoisotopic (exact) mass is 423 g/mol. The van der Waals surface area contributed by atoms with Crippen LogP contribution < -0.4 is 10.6 Å². The van der Waals surface area contributed by atoms with Gasteiger partial charge in [-0.2, -0.15) is 0 Å². The molecule has 31 heavy (non-hydrogen) atoms. The molecule has 2 N–H and O–H groups in total. The normalized spacial score (nSPS) is 14.9. The summed E-state index contributed by atoms with van der Waals surface area (Å²) in [5.41, 5.74) is 0.790. The highest BCUT2D eigenvalue weighted by Crippen LogP contribution is 2.29. The number of likely N-dealkylation sites (tertiary alicyclic amines) is 1. The molecule has 2 aromatic heterocycles. The fourth-order valence-corrected chi connectivity index (χ4v) is 3.76. The van der Waals surface area contributed by atoms with Crippen molar-refractivity contribution in [2.24, 2.45) is 0 Å². The largest absolute Gasteiger partial charge is 0.325 e. The van der Waals surface area contributed by atoms with Gasteiger partial charge in [0.25, 0.3) is 0 Å². The second kappa shape index (κ2) is 9.61. The Bertz CT molecular complexity index is 1020. The Kier molecular flexibility index (Phi) is 6.47. The van der Waals surface area contributed by atoms with E-state index in [4.69, 9.17) is 0 Å². The summed E-state index contributed by atoms with van der Waals surface area (Å²) in [7, 11) is 0. The van der Waals surface area contributed by atoms with E-state index in [0.29, 0.717) is 5.92 Å². The van der Waals surface area contributed by atoms with Crippen LogP contribution in [0.2, 0.25) is 0 Å². The van der Waals surface area contributed by atoms with Gasteiger partial charge < -0.3 is 10.6 Å². The maximum Gasteiger partial charge on any atom is 0.238 e. The van der Waals surface area contributed by atoms with E-state index in [9.17, 15) is 13.6 Å². The van der Waals surface area contributed by atoms with Crippen LogP contribution in [0.3, 0.4) is 0 Å². The van der Waals surface area contributed by atoms with E-state index in [-0.39, 0.29) is 6.54 Å². The number of hydrogen-bond acceptors (Lipinski definition) is 5. The molecule has 1 aliphatic rings. The van der Waals surface area contributed by atoms with Crippen LogP contribution >= 0.6 is 0 Å². The quantitative estimate of drug-likeness (QED) is 0.618. The van der Waals surface area contributed by atoms with Crippen molar-refractivity contribution in [1.29, 1.82) is 0 Å². The fourth-order valence-electron chi connectivity index (χ4n) is 3.76. The molecule has 1 saturated heterocycles. The number of aromatic nitrogens is 2. The SMILES string of the molecule is O=C(CN1CCC(c2ccnc(Nc3ccccn3)c2)CC1)Nc1c(F)cccc1F. The third-order valence-corrected chi connectivity index (χ3v) is 5.36. The van der Waals surface area contributed by atoms with Crippen LogP contribution in [0.25, 0.3) is 0 Å². The third-order valence-electron chi connectivity index (χ3n) is 5.36. The number of carbonyl (C=O) groups is 1. The Labute approximate surface area is 179 Å². The van der Waals surface area contributed by atoms with Crippen molar-refractivity contribution in [3.8, 4) is 0 Å². The van der Waals surface area contributed by atoms with E-state index in [1.807, 2.05) is 35.2 Å². The summed E-state index contributed by atoms with van der Waals surface area (Å²) in [4.78, 5) is 22.9. The first-order valence-electron chi connectivity index (χ1n) is 10.2. The number of piperidine rings is 1. The Morgan fingerprint density at radius 1 is 0.968 bits per heavy atom. The van der Waals surface area contributed by atoms with E-state index in [0.717, 1.165) is 49.7 Å². The van der Waals surface area contributed by atoms with Gasteiger partial charge in [0.05, 0.1) is 6.54 Å². The third kappa shape index (κ3) is 5.40. The Balaban J connectivity index is 1.30. The molecule has 0 aliphatic carbocycles. The molecule has 0 radical (unpaired) electrons. The molecule has 160 valence electrons. The first-order valence-corrected chi connectivity index (χ1v) is 10.2. The Morgan fingerprint density at radius 3 is 2.42 bits per heavy atom. The van der Waals surface area contributed by atoms with Crippen molar-refractivity contribution in [3.63, 3.8) is 0 Å². The maximum absolute atomic E-state index is 13.7. The van der Waals surface area contributed by atoms with Crippen LogP contribution in [0.5, 0.6) is 0 Å². The number of pyridine rings is 2. The van der Waals surface area contributed by atoms with Gasteiger partial charge in [-0.25, -0.2) is 18.7 Å². The van der Waals surface area contributed by atoms with Crippen LogP contribution in [0.1, 0.15) is 24.3 Å². The van der Waals surface area contributed by atoms with Gasteiger partial charge in [0, 0.05) is 12.4 Å². The lowest BCUT2D eigenvalue weighted by molar-refractivity contribution is -0.117. The number of benzene rings is 1. The second-order valence-corrected chi connectivity index (χ2v) is 7.51. The number of anilines is 3. The molecule has 1 aliphatic heterocycles. The van der Waals surface area contributed by atoms with Crippen LogP contribution in [-0.4, -0.2) is 40.4 Å². The molecule has 0 bridgehead atoms. The molecule has 6 nitrogen and oxygen atoms in total. The smallest absolute Gasteiger partial charge is 0.238 e. The van der Waals surface area contributed by atoms with Crippen LogP contribution in [0.4, 0.5) is 26.1 Å². The number of halogens is 2. The molecule has 1 fully saturated rings. The summed E-state index contributed by atoms with van der Waals surface area (Å²) >= 11 is 0. The summed E-state index contributed by atoms with van der Waals surface area (Å²) in [6.07, 6.45) is 5.27. The topological polar surface area (TPSA) is 70.2 Å². The van der Waals surface area contributed by atoms with Gasteiger partial charge in [-0.15, -0.1) is 0 Å². The van der Waals surface area contributed by atoms with Crippen molar-refractivity contribution in [2.45, 2.75) is 18.8 Å². The van der Waals surface area contributed by atoms with Gasteiger partial charge in [0.1, 0.15) is 29.0 Å². The van der Waals surface area contributed by atoms with Gasteiger partial charge >= 0.3 is 0 Å². The second-order valence-electron chi connectivity index (χ2n) is 7.51. The summed E-state index contributed by atoms with van der Waals surface area (Å²) in [6.45, 7) is 1.55. The highest BCUT2D eigenvalue weighted by Gasteiger charge is 2.23. The number of hydrogen-bond donors (Lipinski definition) is 2. The molecular weight excluding hydrogens is 400 g/mol. The Hall–Kier alpha value is -3.39. The number of nitrogens with zero attached hydrogens (tertiary/aromatic N) is 3. The summed E-state index contributed by atoms with van der Waals surface area (Å²) in [5.74, 6) is -0.146. The van der Waals surface area contributed by atoms with Crippen molar-refractivity contribution in [3.05, 3.63) is 78.1 Å². The summed E-state index contributed by atoms with van der Waals surface area (Å²) < 4.78 is 27.4. The first-order chi connectivity index (χ1) is 15.1. The molecule has 3 heterocycles. The van der Waals surface area contributed by atoms with Crippen molar-refractivity contribution >= 4 is 23.2 Å². The van der Waals surface area contributed by atoms with E-state index in [1.165, 1.54) is 11.6 Å². The number of rotatable bonds is 6. The summed E-state index contributed by atoms with van der Waals surface area (Å²) in [6, 6.07) is 13.2. The van der Waals surface area contributed by atoms with Gasteiger partial charge in [-0.3, -0.25) is 9.69 Å². The number of nitrogens with one attached hydrogen (secondary N) is 2. The average molecular weight is 423 g/mol. The lowest BCUT2D eigenvalue weighted by Gasteiger charge is -2.31. The van der Waals surface area contributed by atoms with Crippen LogP contribution in [0.15, 0.2) is 60.9 Å². The van der Waals surface area contributed by atoms with E-state index in [1.54, 1.807) is 12.4 Å². The molecule has 3 aromatic rings. The highest BCUT2D eigenvalue weighted by atomic mass is 19.1. The van der Waals surface area contributed by atoms with Crippen LogP contribution in [-0.2, 0) is 4.79 Å². The van der Waals surface area contributed by atoms with Gasteiger partial charge in [-0.05, 0) is 73.8 Å². The maximum atomic E-state index is 13.7. The predicted molar refractivity (Wildman–Crippen MR) is 115 cm³/mol. The van der Waals surface area contributed by atoms with Gasteiger partial charge in [0.15, 0.2) is 0 Å². The van der Waals surface area contributed by atoms with E-state index >= 15 is 0 Å².